The fourth-order valence-corrected chi connectivity index (χ4v) is 5.61. The van der Waals surface area contributed by atoms with E-state index in [1.54, 1.807) is 19.1 Å². The third kappa shape index (κ3) is 5.43. The molecule has 1 atom stereocenters. The molecule has 3 heterocycles. The minimum atomic E-state index is -0.546. The maximum atomic E-state index is 14.1. The van der Waals surface area contributed by atoms with Gasteiger partial charge in [0.05, 0.1) is 39.6 Å². The molecular formula is C32H38FN9. The van der Waals surface area contributed by atoms with E-state index in [2.05, 4.69) is 96.5 Å². The van der Waals surface area contributed by atoms with Crippen LogP contribution in [-0.2, 0) is 0 Å². The molecule has 1 aliphatic carbocycles. The van der Waals surface area contributed by atoms with Gasteiger partial charge in [-0.05, 0) is 48.8 Å². The second-order valence-electron chi connectivity index (χ2n) is 13.5. The van der Waals surface area contributed by atoms with Crippen molar-refractivity contribution in [3.8, 4) is 12.1 Å². The number of hydrogen-bond donors (Lipinski definition) is 4. The molecule has 3 aromatic rings. The molecule has 0 unspecified atom stereocenters. The van der Waals surface area contributed by atoms with Crippen molar-refractivity contribution in [1.29, 1.82) is 10.5 Å². The molecule has 0 amide bonds. The smallest absolute Gasteiger partial charge is 0.213 e. The summed E-state index contributed by atoms with van der Waals surface area (Å²) in [6, 6.07) is 10.8. The number of halogens is 1. The van der Waals surface area contributed by atoms with Crippen molar-refractivity contribution in [2.45, 2.75) is 72.9 Å². The number of fused-ring (bicyclic) bond motifs is 1. The zero-order valence-electron chi connectivity index (χ0n) is 25.3. The number of hydrogen-bond acceptors (Lipinski definition) is 9. The standard InChI is InChI=1S/C32H38FN9/c1-19-23(8-9-26(33)38-19)29(25-17-42(41-40-25)32(10-11-32)31(5,6)7)39-22-12-20(14-34)27-24(13-22)28(21(15-35)16-36-27)37-18-30(2,3)4/h8-9,12-13,16-17,29,39-41H,10-11,18H2,1-7H3,(H,36,37)/t29-/m0/s1. The lowest BCUT2D eigenvalue weighted by molar-refractivity contribution is 0.0782. The van der Waals surface area contributed by atoms with E-state index in [-0.39, 0.29) is 16.4 Å². The van der Waals surface area contributed by atoms with Crippen molar-refractivity contribution in [2.75, 3.05) is 17.2 Å². The van der Waals surface area contributed by atoms with Gasteiger partial charge in [-0.3, -0.25) is 9.99 Å². The molecule has 0 spiro atoms. The number of nitrogens with one attached hydrogen (secondary N) is 4. The van der Waals surface area contributed by atoms with Crippen molar-refractivity contribution in [2.24, 2.45) is 10.8 Å². The predicted octanol–water partition coefficient (Wildman–Crippen LogP) is 6.18. The second kappa shape index (κ2) is 10.5. The molecule has 1 aliphatic heterocycles. The lowest BCUT2D eigenvalue weighted by Gasteiger charge is -2.38. The van der Waals surface area contributed by atoms with Crippen LogP contribution < -0.4 is 21.6 Å². The van der Waals surface area contributed by atoms with Crippen molar-refractivity contribution >= 4 is 22.3 Å². The normalized spacial score (nSPS) is 16.7. The van der Waals surface area contributed by atoms with E-state index >= 15 is 0 Å². The lowest BCUT2D eigenvalue weighted by Crippen LogP contribution is -2.51. The number of rotatable bonds is 7. The maximum Gasteiger partial charge on any atom is 0.213 e. The summed E-state index contributed by atoms with van der Waals surface area (Å²) >= 11 is 0. The molecule has 1 fully saturated rings. The molecular weight excluding hydrogens is 529 g/mol. The molecule has 2 aliphatic rings. The highest BCUT2D eigenvalue weighted by atomic mass is 19.1. The van der Waals surface area contributed by atoms with Crippen LogP contribution in [0.5, 0.6) is 0 Å². The van der Waals surface area contributed by atoms with E-state index in [0.717, 1.165) is 24.1 Å². The topological polar surface area (TPSA) is 125 Å². The first kappa shape index (κ1) is 29.1. The van der Waals surface area contributed by atoms with Gasteiger partial charge in [0, 0.05) is 41.3 Å². The zero-order valence-corrected chi connectivity index (χ0v) is 25.3. The summed E-state index contributed by atoms with van der Waals surface area (Å²) in [5, 5.41) is 29.8. The maximum absolute atomic E-state index is 14.1. The number of anilines is 2. The third-order valence-corrected chi connectivity index (χ3v) is 8.20. The fraction of sp³-hybridized carbons (Fsp3) is 0.438. The van der Waals surface area contributed by atoms with Gasteiger partial charge in [-0.25, -0.2) is 4.98 Å². The van der Waals surface area contributed by atoms with Gasteiger partial charge in [0.25, 0.3) is 0 Å². The van der Waals surface area contributed by atoms with E-state index in [0.29, 0.717) is 45.6 Å². The molecule has 4 N–H and O–H groups in total. The largest absolute Gasteiger partial charge is 0.383 e. The van der Waals surface area contributed by atoms with E-state index in [4.69, 9.17) is 0 Å². The first-order chi connectivity index (χ1) is 19.8. The molecule has 1 aromatic carbocycles. The van der Waals surface area contributed by atoms with Crippen LogP contribution in [0.1, 0.15) is 82.8 Å². The first-order valence-electron chi connectivity index (χ1n) is 14.2. The number of pyridine rings is 2. The Morgan fingerprint density at radius 3 is 2.40 bits per heavy atom. The Kier molecular flexibility index (Phi) is 7.24. The van der Waals surface area contributed by atoms with Crippen molar-refractivity contribution < 1.29 is 4.39 Å². The summed E-state index contributed by atoms with van der Waals surface area (Å²) < 4.78 is 14.1. The van der Waals surface area contributed by atoms with Crippen LogP contribution in [0.15, 0.2) is 42.4 Å². The van der Waals surface area contributed by atoms with Crippen LogP contribution in [0.2, 0.25) is 0 Å². The zero-order chi connectivity index (χ0) is 30.4. The monoisotopic (exact) mass is 567 g/mol. The summed E-state index contributed by atoms with van der Waals surface area (Å²) in [6.07, 6.45) is 5.71. The molecule has 2 aromatic heterocycles. The second-order valence-corrected chi connectivity index (χ2v) is 13.5. The Bertz CT molecular complexity index is 1650. The van der Waals surface area contributed by atoms with Crippen molar-refractivity contribution in [3.63, 3.8) is 0 Å². The van der Waals surface area contributed by atoms with Gasteiger partial charge in [-0.2, -0.15) is 14.9 Å². The average molecular weight is 568 g/mol. The highest BCUT2D eigenvalue weighted by Crippen LogP contribution is 2.54. The molecule has 218 valence electrons. The van der Waals surface area contributed by atoms with E-state index < -0.39 is 12.0 Å². The minimum Gasteiger partial charge on any atom is -0.383 e. The van der Waals surface area contributed by atoms with E-state index in [1.807, 2.05) is 6.07 Å². The van der Waals surface area contributed by atoms with E-state index in [1.165, 1.54) is 12.3 Å². The Balaban J connectivity index is 1.61. The van der Waals surface area contributed by atoms with Crippen LogP contribution in [0.25, 0.3) is 10.9 Å². The Morgan fingerprint density at radius 2 is 1.81 bits per heavy atom. The minimum absolute atomic E-state index is 0.0215. The summed E-state index contributed by atoms with van der Waals surface area (Å²) in [5.74, 6) is -0.546. The number of nitrogens with zero attached hydrogens (tertiary/aromatic N) is 5. The van der Waals surface area contributed by atoms with Gasteiger partial charge in [0.15, 0.2) is 0 Å². The summed E-state index contributed by atoms with van der Waals surface area (Å²) in [4.78, 5) is 8.56. The first-order valence-corrected chi connectivity index (χ1v) is 14.2. The predicted molar refractivity (Wildman–Crippen MR) is 162 cm³/mol. The average Bonchev–Trinajstić information content (AvgIpc) is 3.61. The SMILES string of the molecule is Cc1nc(F)ccc1[C@H](Nc1cc(C#N)c2ncc(C#N)c(NCC(C)(C)C)c2c1)C1=CN(C2(C(C)(C)C)CC2)NN1. The number of aromatic nitrogens is 2. The van der Waals surface area contributed by atoms with Gasteiger partial charge in [0.1, 0.15) is 12.1 Å². The summed E-state index contributed by atoms with van der Waals surface area (Å²) in [5.41, 5.74) is 11.4. The van der Waals surface area contributed by atoms with Crippen LogP contribution in [0, 0.1) is 46.4 Å². The Hall–Kier alpha value is -4.41. The number of benzene rings is 1. The van der Waals surface area contributed by atoms with Gasteiger partial charge >= 0.3 is 0 Å². The quantitative estimate of drug-likeness (QED) is 0.248. The molecule has 42 heavy (non-hydrogen) atoms. The molecule has 0 radical (unpaired) electrons. The van der Waals surface area contributed by atoms with Gasteiger partial charge in [0.2, 0.25) is 5.95 Å². The number of nitriles is 2. The van der Waals surface area contributed by atoms with Gasteiger partial charge < -0.3 is 16.1 Å². The van der Waals surface area contributed by atoms with Crippen LogP contribution in [0.4, 0.5) is 15.8 Å². The van der Waals surface area contributed by atoms with Crippen LogP contribution in [0.3, 0.4) is 0 Å². The van der Waals surface area contributed by atoms with Crippen LogP contribution in [-0.4, -0.2) is 27.1 Å². The van der Waals surface area contributed by atoms with E-state index in [9.17, 15) is 14.9 Å². The Labute approximate surface area is 246 Å². The summed E-state index contributed by atoms with van der Waals surface area (Å²) in [6.45, 7) is 15.5. The van der Waals surface area contributed by atoms with Gasteiger partial charge in [-0.1, -0.05) is 47.6 Å². The molecule has 9 nitrogen and oxygen atoms in total. The third-order valence-electron chi connectivity index (χ3n) is 8.20. The van der Waals surface area contributed by atoms with Gasteiger partial charge in [-0.15, -0.1) is 5.53 Å². The lowest BCUT2D eigenvalue weighted by atomic mass is 9.84. The summed E-state index contributed by atoms with van der Waals surface area (Å²) in [7, 11) is 0. The number of hydrazine groups is 2. The molecule has 5 rings (SSSR count). The van der Waals surface area contributed by atoms with Crippen LogP contribution >= 0.6 is 0 Å². The number of aryl methyl sites for hydroxylation is 1. The Morgan fingerprint density at radius 1 is 1.10 bits per heavy atom. The fourth-order valence-electron chi connectivity index (χ4n) is 5.61. The molecule has 0 saturated heterocycles. The molecule has 0 bridgehead atoms. The van der Waals surface area contributed by atoms with Crippen molar-refractivity contribution in [1.82, 2.24) is 25.9 Å². The van der Waals surface area contributed by atoms with Crippen molar-refractivity contribution in [3.05, 3.63) is 70.7 Å². The highest BCUT2D eigenvalue weighted by molar-refractivity contribution is 5.99. The molecule has 10 heteroatoms. The highest BCUT2D eigenvalue weighted by Gasteiger charge is 2.57. The molecule has 1 saturated carbocycles.